The van der Waals surface area contributed by atoms with Gasteiger partial charge in [-0.3, -0.25) is 14.7 Å². The predicted octanol–water partition coefficient (Wildman–Crippen LogP) is 3.38. The Labute approximate surface area is 171 Å². The first kappa shape index (κ1) is 18.2. The molecule has 1 atom stereocenters. The molecule has 0 unspecified atom stereocenters. The van der Waals surface area contributed by atoms with E-state index in [1.54, 1.807) is 24.9 Å². The number of aryl methyl sites for hydroxylation is 1. The van der Waals surface area contributed by atoms with Crippen molar-refractivity contribution in [1.29, 1.82) is 0 Å². The fraction of sp³-hybridized carbons (Fsp3) is 0.174. The Hall–Kier alpha value is -3.87. The van der Waals surface area contributed by atoms with E-state index in [-0.39, 0.29) is 17.9 Å². The van der Waals surface area contributed by atoms with Gasteiger partial charge in [0.05, 0.1) is 36.5 Å². The van der Waals surface area contributed by atoms with E-state index in [1.807, 2.05) is 48.5 Å². The van der Waals surface area contributed by atoms with Crippen LogP contribution in [-0.4, -0.2) is 27.8 Å². The first-order chi connectivity index (χ1) is 14.6. The zero-order chi connectivity index (χ0) is 20.8. The molecule has 1 N–H and O–H groups in total. The van der Waals surface area contributed by atoms with Crippen LogP contribution in [-0.2, 0) is 11.8 Å². The SMILES string of the molecule is COc1ccc(-c2[nH]ncc2[C@H]2CC(=O)Oc3c2c(=O)n(C)c2ccccc32)cc1. The van der Waals surface area contributed by atoms with Gasteiger partial charge in [0.25, 0.3) is 5.56 Å². The van der Waals surface area contributed by atoms with Gasteiger partial charge in [-0.1, -0.05) is 12.1 Å². The topological polar surface area (TPSA) is 86.2 Å². The van der Waals surface area contributed by atoms with Gasteiger partial charge in [-0.25, -0.2) is 0 Å². The number of fused-ring (bicyclic) bond motifs is 3. The van der Waals surface area contributed by atoms with Crippen molar-refractivity contribution >= 4 is 16.9 Å². The van der Waals surface area contributed by atoms with Crippen molar-refractivity contribution in [1.82, 2.24) is 14.8 Å². The van der Waals surface area contributed by atoms with E-state index in [2.05, 4.69) is 10.2 Å². The summed E-state index contributed by atoms with van der Waals surface area (Å²) in [5, 5.41) is 7.97. The number of rotatable bonds is 3. The molecule has 1 aliphatic rings. The van der Waals surface area contributed by atoms with E-state index in [9.17, 15) is 9.59 Å². The maximum Gasteiger partial charge on any atom is 0.312 e. The lowest BCUT2D eigenvalue weighted by molar-refractivity contribution is -0.135. The van der Waals surface area contributed by atoms with Crippen molar-refractivity contribution in [3.8, 4) is 22.8 Å². The molecule has 0 fully saturated rings. The Morgan fingerprint density at radius 1 is 1.13 bits per heavy atom. The minimum atomic E-state index is -0.458. The van der Waals surface area contributed by atoms with E-state index in [0.717, 1.165) is 33.5 Å². The maximum absolute atomic E-state index is 13.3. The maximum atomic E-state index is 13.3. The predicted molar refractivity (Wildman–Crippen MR) is 112 cm³/mol. The minimum Gasteiger partial charge on any atom is -0.497 e. The van der Waals surface area contributed by atoms with Crippen LogP contribution in [0.3, 0.4) is 0 Å². The number of hydrogen-bond acceptors (Lipinski definition) is 5. The van der Waals surface area contributed by atoms with Crippen molar-refractivity contribution in [3.63, 3.8) is 0 Å². The second-order valence-electron chi connectivity index (χ2n) is 7.28. The van der Waals surface area contributed by atoms with Gasteiger partial charge in [0, 0.05) is 29.5 Å². The number of pyridine rings is 1. The van der Waals surface area contributed by atoms with E-state index < -0.39 is 5.92 Å². The number of carbonyl (C=O) groups excluding carboxylic acids is 1. The molecule has 1 aliphatic heterocycles. The number of esters is 1. The van der Waals surface area contributed by atoms with Crippen LogP contribution in [0, 0.1) is 0 Å². The molecule has 7 heteroatoms. The van der Waals surface area contributed by atoms with Crippen molar-refractivity contribution < 1.29 is 14.3 Å². The van der Waals surface area contributed by atoms with Crippen LogP contribution in [0.15, 0.2) is 59.5 Å². The first-order valence-electron chi connectivity index (χ1n) is 9.58. The Bertz CT molecular complexity index is 1340. The highest BCUT2D eigenvalue weighted by Crippen LogP contribution is 2.42. The zero-order valence-electron chi connectivity index (χ0n) is 16.5. The van der Waals surface area contributed by atoms with Crippen LogP contribution >= 0.6 is 0 Å². The second kappa shape index (κ2) is 6.88. The number of methoxy groups -OCH3 is 1. The van der Waals surface area contributed by atoms with Gasteiger partial charge < -0.3 is 14.0 Å². The molecule has 150 valence electrons. The highest BCUT2D eigenvalue weighted by atomic mass is 16.5. The van der Waals surface area contributed by atoms with E-state index in [0.29, 0.717) is 11.3 Å². The molecule has 0 spiro atoms. The molecule has 2 aromatic heterocycles. The van der Waals surface area contributed by atoms with Crippen LogP contribution in [0.4, 0.5) is 0 Å². The number of nitrogens with zero attached hydrogens (tertiary/aromatic N) is 2. The molecule has 7 nitrogen and oxygen atoms in total. The third-order valence-corrected chi connectivity index (χ3v) is 5.65. The summed E-state index contributed by atoms with van der Waals surface area (Å²) in [5.41, 5.74) is 3.46. The molecule has 0 saturated carbocycles. The molecule has 0 amide bonds. The van der Waals surface area contributed by atoms with Crippen LogP contribution in [0.5, 0.6) is 11.5 Å². The third kappa shape index (κ3) is 2.70. The number of hydrogen-bond donors (Lipinski definition) is 1. The number of aromatic amines is 1. The Morgan fingerprint density at radius 2 is 1.90 bits per heavy atom. The number of aromatic nitrogens is 3. The summed E-state index contributed by atoms with van der Waals surface area (Å²) >= 11 is 0. The molecule has 0 aliphatic carbocycles. The second-order valence-corrected chi connectivity index (χ2v) is 7.28. The van der Waals surface area contributed by atoms with Crippen LogP contribution in [0.25, 0.3) is 22.2 Å². The largest absolute Gasteiger partial charge is 0.497 e. The molecular formula is C23H19N3O4. The summed E-state index contributed by atoms with van der Waals surface area (Å²) in [6.45, 7) is 0. The molecule has 2 aromatic carbocycles. The van der Waals surface area contributed by atoms with Gasteiger partial charge >= 0.3 is 5.97 Å². The lowest BCUT2D eigenvalue weighted by Crippen LogP contribution is -2.31. The van der Waals surface area contributed by atoms with Crippen molar-refractivity contribution in [3.05, 3.63) is 76.2 Å². The van der Waals surface area contributed by atoms with Gasteiger partial charge in [0.2, 0.25) is 0 Å². The Morgan fingerprint density at radius 3 is 2.67 bits per heavy atom. The Kier molecular flexibility index (Phi) is 4.17. The van der Waals surface area contributed by atoms with Crippen molar-refractivity contribution in [2.45, 2.75) is 12.3 Å². The summed E-state index contributed by atoms with van der Waals surface area (Å²) < 4.78 is 12.4. The summed E-state index contributed by atoms with van der Waals surface area (Å²) in [4.78, 5) is 25.8. The number of para-hydroxylation sites is 1. The summed E-state index contributed by atoms with van der Waals surface area (Å²) in [6.07, 6.45) is 1.75. The van der Waals surface area contributed by atoms with Gasteiger partial charge in [0.15, 0.2) is 0 Å². The first-order valence-corrected chi connectivity index (χ1v) is 9.58. The van der Waals surface area contributed by atoms with Crippen LogP contribution < -0.4 is 15.0 Å². The van der Waals surface area contributed by atoms with Gasteiger partial charge in [0.1, 0.15) is 11.5 Å². The molecule has 0 bridgehead atoms. The molecule has 4 aromatic rings. The zero-order valence-corrected chi connectivity index (χ0v) is 16.5. The quantitative estimate of drug-likeness (QED) is 0.532. The number of carbonyl (C=O) groups is 1. The third-order valence-electron chi connectivity index (χ3n) is 5.65. The summed E-state index contributed by atoms with van der Waals surface area (Å²) in [6, 6.07) is 15.0. The minimum absolute atomic E-state index is 0.0727. The molecule has 3 heterocycles. The van der Waals surface area contributed by atoms with Crippen molar-refractivity contribution in [2.24, 2.45) is 7.05 Å². The average molecular weight is 401 g/mol. The molecule has 5 rings (SSSR count). The number of benzene rings is 2. The highest BCUT2D eigenvalue weighted by Gasteiger charge is 2.35. The standard InChI is InChI=1S/C23H19N3O4/c1-26-18-6-4-3-5-15(18)22-20(23(26)28)16(11-19(27)30-22)17-12-24-25-21(17)13-7-9-14(29-2)10-8-13/h3-10,12,16H,11H2,1-2H3,(H,24,25)/t16-/m1/s1. The van der Waals surface area contributed by atoms with Crippen molar-refractivity contribution in [2.75, 3.05) is 7.11 Å². The van der Waals surface area contributed by atoms with Gasteiger partial charge in [-0.05, 0) is 36.4 Å². The fourth-order valence-electron chi connectivity index (χ4n) is 4.15. The summed E-state index contributed by atoms with van der Waals surface area (Å²) in [5.74, 6) is 0.261. The van der Waals surface area contributed by atoms with Crippen LogP contribution in [0.1, 0.15) is 23.5 Å². The Balaban J connectivity index is 1.73. The molecular weight excluding hydrogens is 382 g/mol. The van der Waals surface area contributed by atoms with E-state index in [4.69, 9.17) is 9.47 Å². The lowest BCUT2D eigenvalue weighted by atomic mass is 9.85. The number of nitrogens with one attached hydrogen (secondary N) is 1. The average Bonchev–Trinajstić information content (AvgIpc) is 3.27. The molecule has 30 heavy (non-hydrogen) atoms. The normalized spacial score (nSPS) is 15.7. The summed E-state index contributed by atoms with van der Waals surface area (Å²) in [7, 11) is 3.35. The van der Waals surface area contributed by atoms with Gasteiger partial charge in [-0.15, -0.1) is 0 Å². The molecule has 0 saturated heterocycles. The molecule has 0 radical (unpaired) electrons. The van der Waals surface area contributed by atoms with E-state index in [1.165, 1.54) is 0 Å². The number of H-pyrrole nitrogens is 1. The fourth-order valence-corrected chi connectivity index (χ4v) is 4.15. The highest BCUT2D eigenvalue weighted by molar-refractivity contribution is 5.92. The van der Waals surface area contributed by atoms with Gasteiger partial charge in [-0.2, -0.15) is 5.10 Å². The monoisotopic (exact) mass is 401 g/mol. The lowest BCUT2D eigenvalue weighted by Gasteiger charge is -2.26. The van der Waals surface area contributed by atoms with E-state index >= 15 is 0 Å². The number of ether oxygens (including phenoxy) is 2. The van der Waals surface area contributed by atoms with Crippen LogP contribution in [0.2, 0.25) is 0 Å². The smallest absolute Gasteiger partial charge is 0.312 e.